The third-order valence-corrected chi connectivity index (χ3v) is 2.18. The second-order valence-corrected chi connectivity index (χ2v) is 3.57. The SMILES string of the molecule is COC[C@H](C)Nc1ccc(O)c(F)c1C. The van der Waals surface area contributed by atoms with E-state index in [1.807, 2.05) is 6.92 Å². The fraction of sp³-hybridized carbons (Fsp3) is 0.455. The molecule has 0 aliphatic rings. The molecule has 1 rings (SSSR count). The molecule has 0 aliphatic carbocycles. The molecule has 0 spiro atoms. The van der Waals surface area contributed by atoms with Crippen molar-refractivity contribution in [3.63, 3.8) is 0 Å². The smallest absolute Gasteiger partial charge is 0.169 e. The fourth-order valence-electron chi connectivity index (χ4n) is 1.38. The van der Waals surface area contributed by atoms with Gasteiger partial charge in [-0.3, -0.25) is 0 Å². The summed E-state index contributed by atoms with van der Waals surface area (Å²) in [6.45, 7) is 4.10. The average Bonchev–Trinajstić information content (AvgIpc) is 2.20. The van der Waals surface area contributed by atoms with E-state index in [0.717, 1.165) is 0 Å². The van der Waals surface area contributed by atoms with Gasteiger partial charge >= 0.3 is 0 Å². The van der Waals surface area contributed by atoms with Crippen LogP contribution in [0, 0.1) is 12.7 Å². The second-order valence-electron chi connectivity index (χ2n) is 3.57. The lowest BCUT2D eigenvalue weighted by Gasteiger charge is -2.16. The highest BCUT2D eigenvalue weighted by molar-refractivity contribution is 5.54. The lowest BCUT2D eigenvalue weighted by atomic mass is 10.1. The fourth-order valence-corrected chi connectivity index (χ4v) is 1.38. The quantitative estimate of drug-likeness (QED) is 0.754. The van der Waals surface area contributed by atoms with Crippen molar-refractivity contribution in [2.24, 2.45) is 0 Å². The summed E-state index contributed by atoms with van der Waals surface area (Å²) in [4.78, 5) is 0. The highest BCUT2D eigenvalue weighted by atomic mass is 19.1. The van der Waals surface area contributed by atoms with Gasteiger partial charge in [-0.15, -0.1) is 0 Å². The number of halogens is 1. The number of benzene rings is 1. The van der Waals surface area contributed by atoms with Crippen LogP contribution in [0.4, 0.5) is 10.1 Å². The van der Waals surface area contributed by atoms with Gasteiger partial charge in [-0.2, -0.15) is 0 Å². The molecule has 3 nitrogen and oxygen atoms in total. The monoisotopic (exact) mass is 213 g/mol. The number of phenolic OH excluding ortho intramolecular Hbond substituents is 1. The third-order valence-electron chi connectivity index (χ3n) is 2.18. The van der Waals surface area contributed by atoms with E-state index in [4.69, 9.17) is 9.84 Å². The summed E-state index contributed by atoms with van der Waals surface area (Å²) in [5, 5.41) is 12.2. The number of ether oxygens (including phenoxy) is 1. The first-order valence-electron chi connectivity index (χ1n) is 4.79. The van der Waals surface area contributed by atoms with E-state index in [0.29, 0.717) is 17.9 Å². The number of phenols is 1. The van der Waals surface area contributed by atoms with Gasteiger partial charge in [0.2, 0.25) is 0 Å². The van der Waals surface area contributed by atoms with Gasteiger partial charge < -0.3 is 15.2 Å². The summed E-state index contributed by atoms with van der Waals surface area (Å²) in [5.74, 6) is -0.901. The van der Waals surface area contributed by atoms with Crippen LogP contribution in [-0.2, 0) is 4.74 Å². The van der Waals surface area contributed by atoms with Crippen LogP contribution < -0.4 is 5.32 Å². The van der Waals surface area contributed by atoms with Gasteiger partial charge in [0, 0.05) is 24.4 Å². The molecule has 0 aromatic heterocycles. The Hall–Kier alpha value is -1.29. The minimum Gasteiger partial charge on any atom is -0.505 e. The first-order valence-corrected chi connectivity index (χ1v) is 4.79. The van der Waals surface area contributed by atoms with Crippen molar-refractivity contribution in [3.05, 3.63) is 23.5 Å². The normalized spacial score (nSPS) is 12.5. The van der Waals surface area contributed by atoms with Gasteiger partial charge in [0.25, 0.3) is 0 Å². The largest absolute Gasteiger partial charge is 0.505 e. The van der Waals surface area contributed by atoms with E-state index in [1.54, 1.807) is 20.1 Å². The molecular weight excluding hydrogens is 197 g/mol. The second kappa shape index (κ2) is 4.98. The Morgan fingerprint density at radius 2 is 2.20 bits per heavy atom. The molecule has 0 amide bonds. The number of hydrogen-bond donors (Lipinski definition) is 2. The molecule has 0 fully saturated rings. The number of methoxy groups -OCH3 is 1. The Morgan fingerprint density at radius 1 is 1.53 bits per heavy atom. The highest BCUT2D eigenvalue weighted by Gasteiger charge is 2.10. The van der Waals surface area contributed by atoms with E-state index < -0.39 is 5.82 Å². The Labute approximate surface area is 88.9 Å². The van der Waals surface area contributed by atoms with E-state index in [2.05, 4.69) is 5.32 Å². The first kappa shape index (κ1) is 11.8. The minimum absolute atomic E-state index is 0.0950. The molecule has 0 bridgehead atoms. The van der Waals surface area contributed by atoms with Crippen molar-refractivity contribution in [1.82, 2.24) is 0 Å². The lowest BCUT2D eigenvalue weighted by molar-refractivity contribution is 0.190. The molecule has 0 radical (unpaired) electrons. The van der Waals surface area contributed by atoms with E-state index >= 15 is 0 Å². The number of hydrogen-bond acceptors (Lipinski definition) is 3. The Balaban J connectivity index is 2.82. The van der Waals surface area contributed by atoms with Gasteiger partial charge in [-0.1, -0.05) is 0 Å². The Morgan fingerprint density at radius 3 is 2.80 bits per heavy atom. The summed E-state index contributed by atoms with van der Waals surface area (Å²) < 4.78 is 18.3. The van der Waals surface area contributed by atoms with E-state index in [9.17, 15) is 4.39 Å². The maximum Gasteiger partial charge on any atom is 0.169 e. The highest BCUT2D eigenvalue weighted by Crippen LogP contribution is 2.25. The van der Waals surface area contributed by atoms with E-state index in [1.165, 1.54) is 6.07 Å². The van der Waals surface area contributed by atoms with Crippen molar-refractivity contribution in [1.29, 1.82) is 0 Å². The van der Waals surface area contributed by atoms with Crippen LogP contribution in [0.1, 0.15) is 12.5 Å². The maximum atomic E-state index is 13.3. The van der Waals surface area contributed by atoms with Crippen LogP contribution in [0.2, 0.25) is 0 Å². The Bertz CT molecular complexity index is 342. The molecule has 4 heteroatoms. The van der Waals surface area contributed by atoms with Crippen LogP contribution in [-0.4, -0.2) is 24.9 Å². The zero-order valence-electron chi connectivity index (χ0n) is 9.17. The summed E-state index contributed by atoms with van der Waals surface area (Å²) in [5.41, 5.74) is 1.09. The van der Waals surface area contributed by atoms with Crippen molar-refractivity contribution >= 4 is 5.69 Å². The molecule has 2 N–H and O–H groups in total. The number of rotatable bonds is 4. The summed E-state index contributed by atoms with van der Waals surface area (Å²) in [6, 6.07) is 3.09. The topological polar surface area (TPSA) is 41.5 Å². The molecule has 1 atom stereocenters. The Kier molecular flexibility index (Phi) is 3.91. The molecular formula is C11H16FNO2. The van der Waals surface area contributed by atoms with Crippen molar-refractivity contribution in [3.8, 4) is 5.75 Å². The number of aromatic hydroxyl groups is 1. The van der Waals surface area contributed by atoms with Gasteiger partial charge in [0.15, 0.2) is 11.6 Å². The molecule has 1 aromatic carbocycles. The van der Waals surface area contributed by atoms with Crippen molar-refractivity contribution < 1.29 is 14.2 Å². The molecule has 0 aliphatic heterocycles. The summed E-state index contributed by atoms with van der Waals surface area (Å²) in [7, 11) is 1.61. The molecule has 1 aromatic rings. The lowest BCUT2D eigenvalue weighted by Crippen LogP contribution is -2.21. The predicted molar refractivity (Wildman–Crippen MR) is 57.8 cm³/mol. The summed E-state index contributed by atoms with van der Waals surface area (Å²) in [6.07, 6.45) is 0. The molecule has 0 saturated heterocycles. The first-order chi connectivity index (χ1) is 7.06. The van der Waals surface area contributed by atoms with Crippen molar-refractivity contribution in [2.45, 2.75) is 19.9 Å². The molecule has 0 unspecified atom stereocenters. The zero-order chi connectivity index (χ0) is 11.4. The van der Waals surface area contributed by atoms with Gasteiger partial charge in [-0.25, -0.2) is 4.39 Å². The third kappa shape index (κ3) is 2.83. The van der Waals surface area contributed by atoms with Crippen LogP contribution >= 0.6 is 0 Å². The van der Waals surface area contributed by atoms with Gasteiger partial charge in [-0.05, 0) is 26.0 Å². The predicted octanol–water partition coefficient (Wildman–Crippen LogP) is 2.29. The van der Waals surface area contributed by atoms with Crippen molar-refractivity contribution in [2.75, 3.05) is 19.0 Å². The van der Waals surface area contributed by atoms with Gasteiger partial charge in [0.1, 0.15) is 0 Å². The molecule has 0 heterocycles. The molecule has 84 valence electrons. The molecule has 15 heavy (non-hydrogen) atoms. The minimum atomic E-state index is -0.579. The number of nitrogens with one attached hydrogen (secondary N) is 1. The van der Waals surface area contributed by atoms with Crippen LogP contribution in [0.25, 0.3) is 0 Å². The molecule has 0 saturated carbocycles. The standard InChI is InChI=1S/C11H16FNO2/c1-7(6-15-3)13-9-4-5-10(14)11(12)8(9)2/h4-5,7,13-14H,6H2,1-3H3/t7-/m0/s1. The summed E-state index contributed by atoms with van der Waals surface area (Å²) >= 11 is 0. The van der Waals surface area contributed by atoms with Crippen LogP contribution in [0.3, 0.4) is 0 Å². The zero-order valence-corrected chi connectivity index (χ0v) is 9.17. The van der Waals surface area contributed by atoms with Gasteiger partial charge in [0.05, 0.1) is 6.61 Å². The average molecular weight is 213 g/mol. The maximum absolute atomic E-state index is 13.3. The van der Waals surface area contributed by atoms with Crippen LogP contribution in [0.5, 0.6) is 5.75 Å². The van der Waals surface area contributed by atoms with E-state index in [-0.39, 0.29) is 11.8 Å². The number of anilines is 1. The van der Waals surface area contributed by atoms with Crippen LogP contribution in [0.15, 0.2) is 12.1 Å².